The Labute approximate surface area is 92.8 Å². The monoisotopic (exact) mass is 232 g/mol. The van der Waals surface area contributed by atoms with E-state index in [1.165, 1.54) is 0 Å². The number of esters is 1. The average Bonchev–Trinajstić information content (AvgIpc) is 2.18. The van der Waals surface area contributed by atoms with Gasteiger partial charge >= 0.3 is 5.97 Å². The fourth-order valence-electron chi connectivity index (χ4n) is 0.896. The molecular weight excluding hydrogens is 223 g/mol. The van der Waals surface area contributed by atoms with Crippen molar-refractivity contribution in [1.82, 2.24) is 0 Å². The Morgan fingerprint density at radius 3 is 2.50 bits per heavy atom. The largest absolute Gasteiger partial charge is 0.427 e. The Morgan fingerprint density at radius 2 is 1.93 bits per heavy atom. The highest BCUT2D eigenvalue weighted by Gasteiger charge is 2.03. The number of hydrogen-bond acceptors (Lipinski definition) is 2. The van der Waals surface area contributed by atoms with Gasteiger partial charge in [0.1, 0.15) is 5.75 Å². The average molecular weight is 233 g/mol. The van der Waals surface area contributed by atoms with Crippen molar-refractivity contribution in [2.24, 2.45) is 0 Å². The first-order chi connectivity index (χ1) is 6.72. The van der Waals surface area contributed by atoms with Crippen LogP contribution in [0.15, 0.2) is 24.3 Å². The van der Waals surface area contributed by atoms with Crippen LogP contribution in [0.2, 0.25) is 5.02 Å². The predicted molar refractivity (Wildman–Crippen MR) is 57.0 cm³/mol. The van der Waals surface area contributed by atoms with E-state index in [-0.39, 0.29) is 5.97 Å². The van der Waals surface area contributed by atoms with E-state index in [0.29, 0.717) is 29.5 Å². The maximum absolute atomic E-state index is 11.1. The molecule has 4 heteroatoms. The summed E-state index contributed by atoms with van der Waals surface area (Å²) in [5, 5.41) is 0.616. The highest BCUT2D eigenvalue weighted by atomic mass is 35.5. The number of hydrogen-bond donors (Lipinski definition) is 0. The van der Waals surface area contributed by atoms with Crippen LogP contribution in [0.25, 0.3) is 0 Å². The van der Waals surface area contributed by atoms with Crippen LogP contribution in [0.4, 0.5) is 0 Å². The Balaban J connectivity index is 2.44. The third-order valence-electron chi connectivity index (χ3n) is 1.56. The molecular formula is C10H10Cl2O2. The van der Waals surface area contributed by atoms with Gasteiger partial charge in [-0.2, -0.15) is 0 Å². The Bertz CT molecular complexity index is 295. The molecule has 0 aliphatic heterocycles. The van der Waals surface area contributed by atoms with Gasteiger partial charge < -0.3 is 4.74 Å². The SMILES string of the molecule is O=C(CCCCl)Oc1ccc(Cl)cc1. The number of ether oxygens (including phenoxy) is 1. The molecule has 1 aromatic rings. The van der Waals surface area contributed by atoms with Crippen LogP contribution in [0.3, 0.4) is 0 Å². The normalized spacial score (nSPS) is 9.86. The fraction of sp³-hybridized carbons (Fsp3) is 0.300. The van der Waals surface area contributed by atoms with Crippen LogP contribution in [0, 0.1) is 0 Å². The molecule has 0 heterocycles. The third kappa shape index (κ3) is 3.99. The molecule has 0 aromatic heterocycles. The minimum absolute atomic E-state index is 0.270. The summed E-state index contributed by atoms with van der Waals surface area (Å²) < 4.78 is 5.02. The van der Waals surface area contributed by atoms with Crippen LogP contribution in [0.1, 0.15) is 12.8 Å². The van der Waals surface area contributed by atoms with E-state index in [0.717, 1.165) is 0 Å². The van der Waals surface area contributed by atoms with Crippen molar-refractivity contribution in [3.05, 3.63) is 29.3 Å². The lowest BCUT2D eigenvalue weighted by Gasteiger charge is -2.02. The second kappa shape index (κ2) is 5.89. The van der Waals surface area contributed by atoms with E-state index in [1.54, 1.807) is 24.3 Å². The number of alkyl halides is 1. The number of rotatable bonds is 4. The van der Waals surface area contributed by atoms with Gasteiger partial charge in [0.05, 0.1) is 0 Å². The molecule has 0 bridgehead atoms. The van der Waals surface area contributed by atoms with Gasteiger partial charge in [-0.1, -0.05) is 11.6 Å². The molecule has 1 aromatic carbocycles. The summed E-state index contributed by atoms with van der Waals surface area (Å²) in [7, 11) is 0. The first kappa shape index (κ1) is 11.3. The maximum Gasteiger partial charge on any atom is 0.311 e. The van der Waals surface area contributed by atoms with Gasteiger partial charge in [-0.05, 0) is 30.7 Å². The summed E-state index contributed by atoms with van der Waals surface area (Å²) in [5.74, 6) is 0.706. The smallest absolute Gasteiger partial charge is 0.311 e. The van der Waals surface area contributed by atoms with E-state index < -0.39 is 0 Å². The highest BCUT2D eigenvalue weighted by molar-refractivity contribution is 6.30. The standard InChI is InChI=1S/C10H10Cl2O2/c11-7-1-2-10(13)14-9-5-3-8(12)4-6-9/h3-6H,1-2,7H2. The number of halogens is 2. The minimum atomic E-state index is -0.270. The van der Waals surface area contributed by atoms with E-state index in [1.807, 2.05) is 0 Å². The third-order valence-corrected chi connectivity index (χ3v) is 2.08. The lowest BCUT2D eigenvalue weighted by Crippen LogP contribution is -2.07. The molecule has 0 amide bonds. The second-order valence-electron chi connectivity index (χ2n) is 2.72. The van der Waals surface area contributed by atoms with Gasteiger partial charge in [0.15, 0.2) is 0 Å². The zero-order valence-corrected chi connectivity index (χ0v) is 9.02. The van der Waals surface area contributed by atoms with Crippen LogP contribution in [-0.4, -0.2) is 11.8 Å². The molecule has 0 atom stereocenters. The summed E-state index contributed by atoms with van der Waals surface area (Å²) >= 11 is 11.1. The van der Waals surface area contributed by atoms with Crippen molar-refractivity contribution in [1.29, 1.82) is 0 Å². The minimum Gasteiger partial charge on any atom is -0.427 e. The Kier molecular flexibility index (Phi) is 4.77. The van der Waals surface area contributed by atoms with Crippen molar-refractivity contribution in [2.45, 2.75) is 12.8 Å². The maximum atomic E-state index is 11.1. The van der Waals surface area contributed by atoms with E-state index in [9.17, 15) is 4.79 Å². The van der Waals surface area contributed by atoms with Crippen LogP contribution >= 0.6 is 23.2 Å². The highest BCUT2D eigenvalue weighted by Crippen LogP contribution is 2.16. The van der Waals surface area contributed by atoms with Gasteiger partial charge in [0, 0.05) is 17.3 Å². The first-order valence-corrected chi connectivity index (χ1v) is 5.16. The molecule has 0 N–H and O–H groups in total. The molecule has 14 heavy (non-hydrogen) atoms. The van der Waals surface area contributed by atoms with E-state index in [4.69, 9.17) is 27.9 Å². The summed E-state index contributed by atoms with van der Waals surface area (Å²) in [5.41, 5.74) is 0. The summed E-state index contributed by atoms with van der Waals surface area (Å²) in [4.78, 5) is 11.1. The van der Waals surface area contributed by atoms with Crippen LogP contribution in [-0.2, 0) is 4.79 Å². The van der Waals surface area contributed by atoms with Gasteiger partial charge in [0.25, 0.3) is 0 Å². The molecule has 0 unspecified atom stereocenters. The molecule has 76 valence electrons. The van der Waals surface area contributed by atoms with Gasteiger partial charge in [-0.3, -0.25) is 4.79 Å². The van der Waals surface area contributed by atoms with Crippen molar-refractivity contribution in [3.63, 3.8) is 0 Å². The lowest BCUT2D eigenvalue weighted by atomic mass is 10.3. The molecule has 0 aliphatic rings. The summed E-state index contributed by atoms with van der Waals surface area (Å²) in [6.45, 7) is 0. The zero-order chi connectivity index (χ0) is 10.4. The fourth-order valence-corrected chi connectivity index (χ4v) is 1.16. The lowest BCUT2D eigenvalue weighted by molar-refractivity contribution is -0.134. The molecule has 0 spiro atoms. The number of benzene rings is 1. The summed E-state index contributed by atoms with van der Waals surface area (Å²) in [6.07, 6.45) is 0.972. The van der Waals surface area contributed by atoms with E-state index >= 15 is 0 Å². The predicted octanol–water partition coefficient (Wildman–Crippen LogP) is 3.26. The Morgan fingerprint density at radius 1 is 1.29 bits per heavy atom. The second-order valence-corrected chi connectivity index (χ2v) is 3.53. The van der Waals surface area contributed by atoms with Crippen molar-refractivity contribution in [3.8, 4) is 5.75 Å². The van der Waals surface area contributed by atoms with Crippen molar-refractivity contribution in [2.75, 3.05) is 5.88 Å². The Hall–Kier alpha value is -0.730. The van der Waals surface area contributed by atoms with E-state index in [2.05, 4.69) is 0 Å². The molecule has 1 rings (SSSR count). The van der Waals surface area contributed by atoms with Gasteiger partial charge in [-0.15, -0.1) is 11.6 Å². The molecule has 0 radical (unpaired) electrons. The van der Waals surface area contributed by atoms with Crippen LogP contribution in [0.5, 0.6) is 5.75 Å². The van der Waals surface area contributed by atoms with Crippen molar-refractivity contribution < 1.29 is 9.53 Å². The van der Waals surface area contributed by atoms with Gasteiger partial charge in [0.2, 0.25) is 0 Å². The molecule has 2 nitrogen and oxygen atoms in total. The molecule has 0 fully saturated rings. The first-order valence-electron chi connectivity index (χ1n) is 4.24. The topological polar surface area (TPSA) is 26.3 Å². The summed E-state index contributed by atoms with van der Waals surface area (Å²) in [6, 6.07) is 6.65. The molecule has 0 saturated heterocycles. The number of carbonyl (C=O) groups is 1. The zero-order valence-electron chi connectivity index (χ0n) is 7.50. The molecule has 0 saturated carbocycles. The van der Waals surface area contributed by atoms with Gasteiger partial charge in [-0.25, -0.2) is 0 Å². The van der Waals surface area contributed by atoms with Crippen LogP contribution < -0.4 is 4.74 Å². The van der Waals surface area contributed by atoms with Crippen molar-refractivity contribution >= 4 is 29.2 Å². The molecule has 0 aliphatic carbocycles. The number of carbonyl (C=O) groups excluding carboxylic acids is 1. The quantitative estimate of drug-likeness (QED) is 0.453.